The first kappa shape index (κ1) is 12.0. The van der Waals surface area contributed by atoms with E-state index >= 15 is 0 Å². The van der Waals surface area contributed by atoms with E-state index in [9.17, 15) is 0 Å². The van der Waals surface area contributed by atoms with Gasteiger partial charge in [-0.3, -0.25) is 0 Å². The van der Waals surface area contributed by atoms with Crippen molar-refractivity contribution in [3.8, 4) is 0 Å². The van der Waals surface area contributed by atoms with Crippen molar-refractivity contribution in [2.45, 2.75) is 32.7 Å². The summed E-state index contributed by atoms with van der Waals surface area (Å²) in [6, 6.07) is 0.490. The molecule has 1 rings (SSSR count). The molecule has 15 heavy (non-hydrogen) atoms. The van der Waals surface area contributed by atoms with E-state index in [0.717, 1.165) is 19.4 Å². The molecule has 1 N–H and O–H groups in total. The minimum absolute atomic E-state index is 0.490. The van der Waals surface area contributed by atoms with Crippen molar-refractivity contribution < 1.29 is 4.52 Å². The van der Waals surface area contributed by atoms with Gasteiger partial charge in [-0.2, -0.15) is 4.98 Å². The van der Waals surface area contributed by atoms with Crippen LogP contribution in [-0.2, 0) is 6.42 Å². The van der Waals surface area contributed by atoms with Crippen molar-refractivity contribution in [3.05, 3.63) is 5.89 Å². The summed E-state index contributed by atoms with van der Waals surface area (Å²) in [5, 5.41) is 7.20. The molecule has 1 aromatic heterocycles. The summed E-state index contributed by atoms with van der Waals surface area (Å²) in [4.78, 5) is 6.10. The zero-order chi connectivity index (χ0) is 11.3. The Morgan fingerprint density at radius 3 is 2.73 bits per heavy atom. The monoisotopic (exact) mass is 212 g/mol. The standard InChI is InChI=1S/C10H20N4O/c1-5-11-8(2)6-7-9-12-10(13-15-9)14(3)4/h8,11H,5-7H2,1-4H3. The molecule has 0 saturated carbocycles. The maximum Gasteiger partial charge on any atom is 0.265 e. The summed E-state index contributed by atoms with van der Waals surface area (Å²) in [5.74, 6) is 1.35. The number of nitrogens with zero attached hydrogens (tertiary/aromatic N) is 3. The Labute approximate surface area is 90.8 Å². The maximum absolute atomic E-state index is 5.12. The van der Waals surface area contributed by atoms with Gasteiger partial charge in [0.05, 0.1) is 0 Å². The van der Waals surface area contributed by atoms with Crippen LogP contribution in [0.1, 0.15) is 26.2 Å². The highest BCUT2D eigenvalue weighted by Crippen LogP contribution is 2.08. The molecule has 0 saturated heterocycles. The first-order valence-corrected chi connectivity index (χ1v) is 5.36. The Morgan fingerprint density at radius 1 is 1.47 bits per heavy atom. The molecule has 0 amide bonds. The van der Waals surface area contributed by atoms with Crippen molar-refractivity contribution in [1.82, 2.24) is 15.5 Å². The van der Waals surface area contributed by atoms with Gasteiger partial charge in [-0.15, -0.1) is 0 Å². The molecule has 0 aromatic carbocycles. The smallest absolute Gasteiger partial charge is 0.265 e. The fraction of sp³-hybridized carbons (Fsp3) is 0.800. The molecule has 0 aliphatic rings. The minimum atomic E-state index is 0.490. The Hall–Kier alpha value is -1.10. The molecule has 0 radical (unpaired) electrons. The molecule has 0 spiro atoms. The van der Waals surface area contributed by atoms with E-state index in [4.69, 9.17) is 4.52 Å². The first-order chi connectivity index (χ1) is 7.13. The normalized spacial score (nSPS) is 12.8. The van der Waals surface area contributed by atoms with Crippen molar-refractivity contribution in [3.63, 3.8) is 0 Å². The van der Waals surface area contributed by atoms with Gasteiger partial charge in [0.2, 0.25) is 5.89 Å². The molecule has 1 atom stereocenters. The largest absolute Gasteiger partial charge is 0.344 e. The van der Waals surface area contributed by atoms with Gasteiger partial charge in [-0.1, -0.05) is 6.92 Å². The van der Waals surface area contributed by atoms with Crippen LogP contribution >= 0.6 is 0 Å². The lowest BCUT2D eigenvalue weighted by Gasteiger charge is -2.09. The van der Waals surface area contributed by atoms with Crippen molar-refractivity contribution >= 4 is 5.95 Å². The van der Waals surface area contributed by atoms with Gasteiger partial charge in [-0.25, -0.2) is 0 Å². The highest BCUT2D eigenvalue weighted by Gasteiger charge is 2.08. The third-order valence-corrected chi connectivity index (χ3v) is 2.20. The number of aromatic nitrogens is 2. The molecule has 0 aliphatic heterocycles. The van der Waals surface area contributed by atoms with Gasteiger partial charge in [0.1, 0.15) is 0 Å². The molecule has 1 aromatic rings. The number of anilines is 1. The van der Waals surface area contributed by atoms with Gasteiger partial charge in [-0.05, 0) is 25.0 Å². The molecule has 5 heteroatoms. The van der Waals surface area contributed by atoms with Crippen LogP contribution < -0.4 is 10.2 Å². The third kappa shape index (κ3) is 3.87. The van der Waals surface area contributed by atoms with E-state index in [-0.39, 0.29) is 0 Å². The van der Waals surface area contributed by atoms with E-state index < -0.39 is 0 Å². The molecule has 0 bridgehead atoms. The van der Waals surface area contributed by atoms with E-state index in [1.807, 2.05) is 19.0 Å². The van der Waals surface area contributed by atoms with Gasteiger partial charge in [0.15, 0.2) is 0 Å². The van der Waals surface area contributed by atoms with Crippen LogP contribution in [0.25, 0.3) is 0 Å². The number of nitrogens with one attached hydrogen (secondary N) is 1. The maximum atomic E-state index is 5.12. The number of aryl methyl sites for hydroxylation is 1. The van der Waals surface area contributed by atoms with E-state index in [0.29, 0.717) is 17.9 Å². The quantitative estimate of drug-likeness (QED) is 0.764. The average molecular weight is 212 g/mol. The summed E-state index contributed by atoms with van der Waals surface area (Å²) in [6.45, 7) is 5.26. The minimum Gasteiger partial charge on any atom is -0.344 e. The second kappa shape index (κ2) is 5.70. The Kier molecular flexibility index (Phi) is 4.55. The second-order valence-electron chi connectivity index (χ2n) is 3.88. The lowest BCUT2D eigenvalue weighted by Crippen LogP contribution is -2.25. The summed E-state index contributed by atoms with van der Waals surface area (Å²) in [7, 11) is 3.80. The molecular formula is C10H20N4O. The van der Waals surface area contributed by atoms with Crippen molar-refractivity contribution in [2.75, 3.05) is 25.5 Å². The van der Waals surface area contributed by atoms with E-state index in [1.54, 1.807) is 0 Å². The lowest BCUT2D eigenvalue weighted by atomic mass is 10.2. The molecule has 1 unspecified atom stereocenters. The average Bonchev–Trinajstić information content (AvgIpc) is 2.63. The van der Waals surface area contributed by atoms with Gasteiger partial charge < -0.3 is 14.7 Å². The topological polar surface area (TPSA) is 54.2 Å². The van der Waals surface area contributed by atoms with Gasteiger partial charge in [0, 0.05) is 26.6 Å². The van der Waals surface area contributed by atoms with Crippen LogP contribution in [0.2, 0.25) is 0 Å². The predicted molar refractivity (Wildman–Crippen MR) is 60.1 cm³/mol. The number of hydrogen-bond donors (Lipinski definition) is 1. The SMILES string of the molecule is CCNC(C)CCc1nc(N(C)C)no1. The van der Waals surface area contributed by atoms with Crippen LogP contribution in [0.4, 0.5) is 5.95 Å². The van der Waals surface area contributed by atoms with E-state index in [2.05, 4.69) is 29.3 Å². The lowest BCUT2D eigenvalue weighted by molar-refractivity contribution is 0.367. The van der Waals surface area contributed by atoms with E-state index in [1.165, 1.54) is 0 Å². The Balaban J connectivity index is 2.37. The predicted octanol–water partition coefficient (Wildman–Crippen LogP) is 1.07. The molecule has 0 fully saturated rings. The number of hydrogen-bond acceptors (Lipinski definition) is 5. The molecule has 1 heterocycles. The summed E-state index contributed by atoms with van der Waals surface area (Å²) in [6.07, 6.45) is 1.85. The third-order valence-electron chi connectivity index (χ3n) is 2.20. The highest BCUT2D eigenvalue weighted by molar-refractivity contribution is 5.23. The molecule has 0 aliphatic carbocycles. The summed E-state index contributed by atoms with van der Waals surface area (Å²) >= 11 is 0. The van der Waals surface area contributed by atoms with Crippen LogP contribution in [0.15, 0.2) is 4.52 Å². The molecule has 86 valence electrons. The van der Waals surface area contributed by atoms with Crippen LogP contribution in [-0.4, -0.2) is 36.8 Å². The van der Waals surface area contributed by atoms with Crippen LogP contribution in [0.3, 0.4) is 0 Å². The fourth-order valence-electron chi connectivity index (χ4n) is 1.32. The van der Waals surface area contributed by atoms with Gasteiger partial charge >= 0.3 is 0 Å². The van der Waals surface area contributed by atoms with Crippen LogP contribution in [0.5, 0.6) is 0 Å². The number of rotatable bonds is 6. The zero-order valence-electron chi connectivity index (χ0n) is 9.95. The highest BCUT2D eigenvalue weighted by atomic mass is 16.5. The summed E-state index contributed by atoms with van der Waals surface area (Å²) < 4.78 is 5.12. The first-order valence-electron chi connectivity index (χ1n) is 5.36. The second-order valence-corrected chi connectivity index (χ2v) is 3.88. The fourth-order valence-corrected chi connectivity index (χ4v) is 1.32. The van der Waals surface area contributed by atoms with Crippen molar-refractivity contribution in [2.24, 2.45) is 0 Å². The van der Waals surface area contributed by atoms with Crippen molar-refractivity contribution in [1.29, 1.82) is 0 Å². The zero-order valence-corrected chi connectivity index (χ0v) is 9.95. The van der Waals surface area contributed by atoms with Crippen LogP contribution in [0, 0.1) is 0 Å². The summed E-state index contributed by atoms with van der Waals surface area (Å²) in [5.41, 5.74) is 0. The Morgan fingerprint density at radius 2 is 2.20 bits per heavy atom. The molecular weight excluding hydrogens is 192 g/mol. The Bertz CT molecular complexity index is 285. The van der Waals surface area contributed by atoms with Gasteiger partial charge in [0.25, 0.3) is 5.95 Å². The molecule has 5 nitrogen and oxygen atoms in total.